The van der Waals surface area contributed by atoms with Crippen LogP contribution in [0.15, 0.2) is 0 Å². The van der Waals surface area contributed by atoms with E-state index >= 15 is 0 Å². The first-order valence-electron chi connectivity index (χ1n) is 11.1. The molecule has 0 aliphatic carbocycles. The van der Waals surface area contributed by atoms with Crippen molar-refractivity contribution in [3.05, 3.63) is 0 Å². The van der Waals surface area contributed by atoms with Crippen LogP contribution in [0, 0.1) is 0 Å². The molecular weight excluding hydrogens is 310 g/mol. The van der Waals surface area contributed by atoms with Crippen molar-refractivity contribution in [3.63, 3.8) is 0 Å². The van der Waals surface area contributed by atoms with Crippen molar-refractivity contribution in [1.82, 2.24) is 0 Å². The van der Waals surface area contributed by atoms with Crippen LogP contribution in [0.2, 0.25) is 0 Å². The molecule has 0 bridgehead atoms. The second kappa shape index (κ2) is 20.2. The summed E-state index contributed by atoms with van der Waals surface area (Å²) >= 11 is 0. The van der Waals surface area contributed by atoms with Gasteiger partial charge in [0, 0.05) is 19.8 Å². The quantitative estimate of drug-likeness (QED) is 0.262. The van der Waals surface area contributed by atoms with E-state index in [1.165, 1.54) is 83.5 Å². The zero-order valence-corrected chi connectivity index (χ0v) is 17.6. The van der Waals surface area contributed by atoms with E-state index in [2.05, 4.69) is 13.8 Å². The Morgan fingerprint density at radius 2 is 1.16 bits per heavy atom. The van der Waals surface area contributed by atoms with Crippen LogP contribution < -0.4 is 5.73 Å². The van der Waals surface area contributed by atoms with E-state index in [0.717, 1.165) is 19.4 Å². The Labute approximate surface area is 158 Å². The molecule has 152 valence electrons. The molecule has 0 spiro atoms. The smallest absolute Gasteiger partial charge is 0.0955 e. The number of nitrogens with two attached hydrogens (primary N) is 1. The highest BCUT2D eigenvalue weighted by molar-refractivity contribution is 4.73. The van der Waals surface area contributed by atoms with E-state index in [-0.39, 0.29) is 12.1 Å². The predicted octanol–water partition coefficient (Wildman–Crippen LogP) is 6.24. The number of hydrogen-bond donors (Lipinski definition) is 1. The molecule has 3 heteroatoms. The molecule has 0 aliphatic heterocycles. The SMILES string of the molecule is CCCCCCCCCCCCCCCC(N)C(COCCC)OC. The molecular formula is C22H47NO2. The molecule has 2 atom stereocenters. The van der Waals surface area contributed by atoms with Gasteiger partial charge in [-0.2, -0.15) is 0 Å². The molecule has 2 unspecified atom stereocenters. The third-order valence-corrected chi connectivity index (χ3v) is 5.05. The van der Waals surface area contributed by atoms with Crippen LogP contribution in [-0.4, -0.2) is 32.5 Å². The summed E-state index contributed by atoms with van der Waals surface area (Å²) in [5, 5.41) is 0. The van der Waals surface area contributed by atoms with Crippen molar-refractivity contribution in [2.45, 2.75) is 122 Å². The average Bonchev–Trinajstić information content (AvgIpc) is 2.62. The van der Waals surface area contributed by atoms with Crippen LogP contribution in [0.3, 0.4) is 0 Å². The van der Waals surface area contributed by atoms with Gasteiger partial charge in [-0.1, -0.05) is 97.3 Å². The van der Waals surface area contributed by atoms with Crippen LogP contribution in [0.1, 0.15) is 110 Å². The van der Waals surface area contributed by atoms with Gasteiger partial charge >= 0.3 is 0 Å². The summed E-state index contributed by atoms with van der Waals surface area (Å²) in [6.07, 6.45) is 20.2. The molecule has 0 aromatic carbocycles. The molecule has 0 amide bonds. The average molecular weight is 358 g/mol. The normalized spacial score (nSPS) is 13.9. The minimum Gasteiger partial charge on any atom is -0.379 e. The molecule has 0 fully saturated rings. The lowest BCUT2D eigenvalue weighted by atomic mass is 10.0. The standard InChI is InChI=1S/C22H47NO2/c1-4-6-7-8-9-10-11-12-13-14-15-16-17-18-21(23)22(24-3)20-25-19-5-2/h21-22H,4-20,23H2,1-3H3. The second-order valence-corrected chi connectivity index (χ2v) is 7.54. The molecule has 0 aromatic rings. The Balaban J connectivity index is 3.33. The van der Waals surface area contributed by atoms with Gasteiger partial charge in [0.2, 0.25) is 0 Å². The Morgan fingerprint density at radius 1 is 0.680 bits per heavy atom. The van der Waals surface area contributed by atoms with E-state index in [9.17, 15) is 0 Å². The van der Waals surface area contributed by atoms with E-state index < -0.39 is 0 Å². The topological polar surface area (TPSA) is 44.5 Å². The Kier molecular flexibility index (Phi) is 20.1. The van der Waals surface area contributed by atoms with Crippen LogP contribution in [0.4, 0.5) is 0 Å². The summed E-state index contributed by atoms with van der Waals surface area (Å²) in [6, 6.07) is 0.106. The van der Waals surface area contributed by atoms with Crippen molar-refractivity contribution < 1.29 is 9.47 Å². The molecule has 0 saturated carbocycles. The lowest BCUT2D eigenvalue weighted by Gasteiger charge is -2.22. The fourth-order valence-corrected chi connectivity index (χ4v) is 3.29. The van der Waals surface area contributed by atoms with Crippen LogP contribution in [0.25, 0.3) is 0 Å². The van der Waals surface area contributed by atoms with E-state index in [4.69, 9.17) is 15.2 Å². The van der Waals surface area contributed by atoms with Gasteiger partial charge in [0.25, 0.3) is 0 Å². The first-order valence-corrected chi connectivity index (χ1v) is 11.1. The van der Waals surface area contributed by atoms with Crippen molar-refractivity contribution >= 4 is 0 Å². The highest BCUT2D eigenvalue weighted by atomic mass is 16.5. The largest absolute Gasteiger partial charge is 0.379 e. The monoisotopic (exact) mass is 357 g/mol. The van der Waals surface area contributed by atoms with Crippen molar-refractivity contribution in [3.8, 4) is 0 Å². The van der Waals surface area contributed by atoms with Crippen molar-refractivity contribution in [2.75, 3.05) is 20.3 Å². The zero-order valence-electron chi connectivity index (χ0n) is 17.6. The molecule has 0 radical (unpaired) electrons. The van der Waals surface area contributed by atoms with Gasteiger partial charge < -0.3 is 15.2 Å². The van der Waals surface area contributed by atoms with Gasteiger partial charge in [0.1, 0.15) is 0 Å². The van der Waals surface area contributed by atoms with Gasteiger partial charge in [-0.05, 0) is 12.8 Å². The van der Waals surface area contributed by atoms with Crippen molar-refractivity contribution in [2.24, 2.45) is 5.73 Å². The zero-order chi connectivity index (χ0) is 18.6. The second-order valence-electron chi connectivity index (χ2n) is 7.54. The van der Waals surface area contributed by atoms with Crippen LogP contribution >= 0.6 is 0 Å². The van der Waals surface area contributed by atoms with Gasteiger partial charge in [-0.25, -0.2) is 0 Å². The number of methoxy groups -OCH3 is 1. The molecule has 0 rings (SSSR count). The third-order valence-electron chi connectivity index (χ3n) is 5.05. The van der Waals surface area contributed by atoms with E-state index in [1.54, 1.807) is 7.11 Å². The van der Waals surface area contributed by atoms with Crippen LogP contribution in [-0.2, 0) is 9.47 Å². The lowest BCUT2D eigenvalue weighted by molar-refractivity contribution is -0.00606. The maximum Gasteiger partial charge on any atom is 0.0955 e. The Morgan fingerprint density at radius 3 is 1.60 bits per heavy atom. The number of hydrogen-bond acceptors (Lipinski definition) is 3. The number of unbranched alkanes of at least 4 members (excludes halogenated alkanes) is 12. The summed E-state index contributed by atoms with van der Waals surface area (Å²) in [5.74, 6) is 0. The molecule has 0 aliphatic rings. The van der Waals surface area contributed by atoms with E-state index in [0.29, 0.717) is 6.61 Å². The number of rotatable bonds is 20. The van der Waals surface area contributed by atoms with E-state index in [1.807, 2.05) is 0 Å². The minimum absolute atomic E-state index is 0.0453. The van der Waals surface area contributed by atoms with Crippen LogP contribution in [0.5, 0.6) is 0 Å². The first kappa shape index (κ1) is 24.9. The molecule has 25 heavy (non-hydrogen) atoms. The minimum atomic E-state index is 0.0453. The molecule has 2 N–H and O–H groups in total. The van der Waals surface area contributed by atoms with Gasteiger partial charge in [-0.3, -0.25) is 0 Å². The Hall–Kier alpha value is -0.120. The van der Waals surface area contributed by atoms with Gasteiger partial charge in [-0.15, -0.1) is 0 Å². The summed E-state index contributed by atoms with van der Waals surface area (Å²) in [4.78, 5) is 0. The predicted molar refractivity (Wildman–Crippen MR) is 110 cm³/mol. The lowest BCUT2D eigenvalue weighted by Crippen LogP contribution is -2.39. The highest BCUT2D eigenvalue weighted by Gasteiger charge is 2.16. The Bertz CT molecular complexity index is 248. The fourth-order valence-electron chi connectivity index (χ4n) is 3.29. The molecule has 0 saturated heterocycles. The molecule has 3 nitrogen and oxygen atoms in total. The summed E-state index contributed by atoms with van der Waals surface area (Å²) in [6.45, 7) is 5.83. The summed E-state index contributed by atoms with van der Waals surface area (Å²) < 4.78 is 11.0. The first-order chi connectivity index (χ1) is 12.3. The molecule has 0 heterocycles. The highest BCUT2D eigenvalue weighted by Crippen LogP contribution is 2.14. The third kappa shape index (κ3) is 17.1. The van der Waals surface area contributed by atoms with Gasteiger partial charge in [0.15, 0.2) is 0 Å². The fraction of sp³-hybridized carbons (Fsp3) is 1.00. The van der Waals surface area contributed by atoms with Crippen molar-refractivity contribution in [1.29, 1.82) is 0 Å². The van der Waals surface area contributed by atoms with Gasteiger partial charge in [0.05, 0.1) is 12.7 Å². The summed E-state index contributed by atoms with van der Waals surface area (Å²) in [5.41, 5.74) is 6.24. The maximum atomic E-state index is 6.24. The molecule has 0 aromatic heterocycles. The maximum absolute atomic E-state index is 6.24. The number of ether oxygens (including phenoxy) is 2. The summed E-state index contributed by atoms with van der Waals surface area (Å²) in [7, 11) is 1.74.